The van der Waals surface area contributed by atoms with Gasteiger partial charge in [-0.1, -0.05) is 38.5 Å². The standard InChI is InChI=1S/C16H26N2O2/c1-3-8-15(17-13-4-2)11-7-10-14-9-5-6-12-16(14)18(19)20/h5-6,9,12,15,17H,3-4,7-8,10-11,13H2,1-2H3. The summed E-state index contributed by atoms with van der Waals surface area (Å²) >= 11 is 0. The average molecular weight is 278 g/mol. The molecule has 112 valence electrons. The lowest BCUT2D eigenvalue weighted by Gasteiger charge is -2.17. The molecule has 4 nitrogen and oxygen atoms in total. The van der Waals surface area contributed by atoms with Gasteiger partial charge in [0, 0.05) is 17.7 Å². The van der Waals surface area contributed by atoms with Crippen molar-refractivity contribution < 1.29 is 4.92 Å². The smallest absolute Gasteiger partial charge is 0.272 e. The van der Waals surface area contributed by atoms with E-state index in [0.717, 1.165) is 37.8 Å². The maximum absolute atomic E-state index is 11.0. The molecule has 1 aromatic rings. The Bertz CT molecular complexity index is 407. The second-order valence-electron chi connectivity index (χ2n) is 5.22. The first kappa shape index (κ1) is 16.6. The van der Waals surface area contributed by atoms with Crippen molar-refractivity contribution in [3.63, 3.8) is 0 Å². The minimum absolute atomic E-state index is 0.251. The van der Waals surface area contributed by atoms with Gasteiger partial charge in [0.05, 0.1) is 4.92 Å². The molecule has 0 aromatic heterocycles. The molecule has 0 heterocycles. The Morgan fingerprint density at radius 2 is 1.95 bits per heavy atom. The summed E-state index contributed by atoms with van der Waals surface area (Å²) in [6.45, 7) is 5.42. The molecule has 0 radical (unpaired) electrons. The van der Waals surface area contributed by atoms with E-state index in [9.17, 15) is 10.1 Å². The first-order chi connectivity index (χ1) is 9.69. The fourth-order valence-corrected chi connectivity index (χ4v) is 2.48. The van der Waals surface area contributed by atoms with Crippen LogP contribution in [0.2, 0.25) is 0 Å². The second-order valence-corrected chi connectivity index (χ2v) is 5.22. The predicted molar refractivity (Wildman–Crippen MR) is 83.0 cm³/mol. The van der Waals surface area contributed by atoms with E-state index in [1.807, 2.05) is 12.1 Å². The zero-order chi connectivity index (χ0) is 14.8. The van der Waals surface area contributed by atoms with E-state index >= 15 is 0 Å². The first-order valence-corrected chi connectivity index (χ1v) is 7.64. The van der Waals surface area contributed by atoms with E-state index in [2.05, 4.69) is 19.2 Å². The quantitative estimate of drug-likeness (QED) is 0.518. The van der Waals surface area contributed by atoms with Gasteiger partial charge in [-0.15, -0.1) is 0 Å². The largest absolute Gasteiger partial charge is 0.314 e. The number of nitrogens with one attached hydrogen (secondary N) is 1. The molecule has 1 rings (SSSR count). The Kier molecular flexibility index (Phi) is 7.88. The molecule has 1 aromatic carbocycles. The molecule has 0 amide bonds. The van der Waals surface area contributed by atoms with Gasteiger partial charge in [-0.25, -0.2) is 0 Å². The predicted octanol–water partition coefficient (Wildman–Crippen LogP) is 4.09. The van der Waals surface area contributed by atoms with Gasteiger partial charge in [0.2, 0.25) is 0 Å². The minimum atomic E-state index is -0.284. The molecule has 0 aliphatic rings. The first-order valence-electron chi connectivity index (χ1n) is 7.64. The van der Waals surface area contributed by atoms with Crippen LogP contribution in [0, 0.1) is 10.1 Å². The van der Waals surface area contributed by atoms with Gasteiger partial charge >= 0.3 is 0 Å². The van der Waals surface area contributed by atoms with Crippen LogP contribution in [0.15, 0.2) is 24.3 Å². The zero-order valence-corrected chi connectivity index (χ0v) is 12.6. The molecule has 0 bridgehead atoms. The Labute approximate surface area is 121 Å². The Balaban J connectivity index is 2.47. The number of hydrogen-bond donors (Lipinski definition) is 1. The summed E-state index contributed by atoms with van der Waals surface area (Å²) in [5.74, 6) is 0. The number of rotatable bonds is 10. The molecule has 0 saturated heterocycles. The molecule has 0 aliphatic heterocycles. The third-order valence-electron chi connectivity index (χ3n) is 3.51. The number of nitrogens with zero attached hydrogens (tertiary/aromatic N) is 1. The third-order valence-corrected chi connectivity index (χ3v) is 3.51. The summed E-state index contributed by atoms with van der Waals surface area (Å²) in [6, 6.07) is 7.61. The monoisotopic (exact) mass is 278 g/mol. The van der Waals surface area contributed by atoms with Crippen molar-refractivity contribution in [1.82, 2.24) is 5.32 Å². The highest BCUT2D eigenvalue weighted by Crippen LogP contribution is 2.20. The fourth-order valence-electron chi connectivity index (χ4n) is 2.48. The van der Waals surface area contributed by atoms with Crippen LogP contribution in [-0.4, -0.2) is 17.5 Å². The van der Waals surface area contributed by atoms with Crippen molar-refractivity contribution >= 4 is 5.69 Å². The van der Waals surface area contributed by atoms with Crippen molar-refractivity contribution in [2.75, 3.05) is 6.54 Å². The Morgan fingerprint density at radius 1 is 1.20 bits per heavy atom. The van der Waals surface area contributed by atoms with Crippen molar-refractivity contribution in [1.29, 1.82) is 0 Å². The van der Waals surface area contributed by atoms with E-state index in [-0.39, 0.29) is 10.6 Å². The fraction of sp³-hybridized carbons (Fsp3) is 0.625. The van der Waals surface area contributed by atoms with Crippen LogP contribution in [0.5, 0.6) is 0 Å². The van der Waals surface area contributed by atoms with Crippen LogP contribution in [0.1, 0.15) is 51.5 Å². The molecule has 4 heteroatoms. The number of nitro benzene ring substituents is 1. The Hall–Kier alpha value is -1.42. The number of benzene rings is 1. The van der Waals surface area contributed by atoms with Crippen LogP contribution < -0.4 is 5.32 Å². The molecule has 0 saturated carbocycles. The summed E-state index contributed by atoms with van der Waals surface area (Å²) in [6.07, 6.45) is 6.35. The molecule has 0 aliphatic carbocycles. The van der Waals surface area contributed by atoms with Gasteiger partial charge in [-0.3, -0.25) is 10.1 Å². The lowest BCUT2D eigenvalue weighted by molar-refractivity contribution is -0.385. The van der Waals surface area contributed by atoms with Crippen molar-refractivity contribution in [3.05, 3.63) is 39.9 Å². The van der Waals surface area contributed by atoms with E-state index in [0.29, 0.717) is 6.04 Å². The lowest BCUT2D eigenvalue weighted by Crippen LogP contribution is -2.29. The van der Waals surface area contributed by atoms with E-state index in [1.54, 1.807) is 12.1 Å². The second kappa shape index (κ2) is 9.48. The third kappa shape index (κ3) is 5.70. The van der Waals surface area contributed by atoms with Crippen molar-refractivity contribution in [2.24, 2.45) is 0 Å². The molecule has 1 atom stereocenters. The molecular weight excluding hydrogens is 252 g/mol. The van der Waals surface area contributed by atoms with Crippen molar-refractivity contribution in [2.45, 2.75) is 58.4 Å². The van der Waals surface area contributed by atoms with Gasteiger partial charge in [-0.2, -0.15) is 0 Å². The molecule has 0 fully saturated rings. The molecule has 0 spiro atoms. The van der Waals surface area contributed by atoms with Gasteiger partial charge < -0.3 is 5.32 Å². The lowest BCUT2D eigenvalue weighted by atomic mass is 10.0. The van der Waals surface area contributed by atoms with Crippen LogP contribution in [0.4, 0.5) is 5.69 Å². The summed E-state index contributed by atoms with van der Waals surface area (Å²) in [5, 5.41) is 14.5. The highest BCUT2D eigenvalue weighted by Gasteiger charge is 2.13. The van der Waals surface area contributed by atoms with Gasteiger partial charge in [-0.05, 0) is 38.6 Å². The van der Waals surface area contributed by atoms with E-state index in [1.165, 1.54) is 12.8 Å². The summed E-state index contributed by atoms with van der Waals surface area (Å²) < 4.78 is 0. The van der Waals surface area contributed by atoms with E-state index in [4.69, 9.17) is 0 Å². The maximum Gasteiger partial charge on any atom is 0.272 e. The van der Waals surface area contributed by atoms with Crippen LogP contribution >= 0.6 is 0 Å². The summed E-state index contributed by atoms with van der Waals surface area (Å²) in [4.78, 5) is 10.7. The van der Waals surface area contributed by atoms with Gasteiger partial charge in [0.1, 0.15) is 0 Å². The average Bonchev–Trinajstić information content (AvgIpc) is 2.45. The number of nitro groups is 1. The number of para-hydroxylation sites is 1. The molecule has 1 unspecified atom stereocenters. The summed E-state index contributed by atoms with van der Waals surface area (Å²) in [5.41, 5.74) is 1.10. The summed E-state index contributed by atoms with van der Waals surface area (Å²) in [7, 11) is 0. The maximum atomic E-state index is 11.0. The molecule has 20 heavy (non-hydrogen) atoms. The van der Waals surface area contributed by atoms with Crippen LogP contribution in [0.25, 0.3) is 0 Å². The normalized spacial score (nSPS) is 12.3. The topological polar surface area (TPSA) is 55.2 Å². The van der Waals surface area contributed by atoms with Crippen LogP contribution in [-0.2, 0) is 6.42 Å². The van der Waals surface area contributed by atoms with Gasteiger partial charge in [0.25, 0.3) is 5.69 Å². The molecular formula is C16H26N2O2. The molecule has 1 N–H and O–H groups in total. The van der Waals surface area contributed by atoms with Crippen LogP contribution in [0.3, 0.4) is 0 Å². The minimum Gasteiger partial charge on any atom is -0.314 e. The van der Waals surface area contributed by atoms with E-state index < -0.39 is 0 Å². The SMILES string of the molecule is CCCNC(CCC)CCCc1ccccc1[N+](=O)[O-]. The van der Waals surface area contributed by atoms with Crippen molar-refractivity contribution in [3.8, 4) is 0 Å². The highest BCUT2D eigenvalue weighted by atomic mass is 16.6. The number of hydrogen-bond acceptors (Lipinski definition) is 3. The Morgan fingerprint density at radius 3 is 2.60 bits per heavy atom. The van der Waals surface area contributed by atoms with Gasteiger partial charge in [0.15, 0.2) is 0 Å². The zero-order valence-electron chi connectivity index (χ0n) is 12.6. The number of aryl methyl sites for hydroxylation is 1. The highest BCUT2D eigenvalue weighted by molar-refractivity contribution is 5.39.